The molecule has 4 amide bonds. The zero-order chi connectivity index (χ0) is 44.9. The maximum atomic E-state index is 14.5. The Morgan fingerprint density at radius 3 is 1.92 bits per heavy atom. The lowest BCUT2D eigenvalue weighted by atomic mass is 9.83. The van der Waals surface area contributed by atoms with Gasteiger partial charge in [-0.15, -0.1) is 0 Å². The van der Waals surface area contributed by atoms with Gasteiger partial charge in [-0.2, -0.15) is 0 Å². The Morgan fingerprint density at radius 2 is 1.42 bits per heavy atom. The van der Waals surface area contributed by atoms with Crippen molar-refractivity contribution in [3.63, 3.8) is 0 Å². The van der Waals surface area contributed by atoms with Gasteiger partial charge in [0.2, 0.25) is 23.6 Å². The van der Waals surface area contributed by atoms with E-state index in [1.165, 1.54) is 14.2 Å². The number of ketones is 1. The van der Waals surface area contributed by atoms with Crippen LogP contribution in [0.4, 0.5) is 0 Å². The van der Waals surface area contributed by atoms with Crippen molar-refractivity contribution >= 4 is 35.4 Å². The van der Waals surface area contributed by atoms with Crippen molar-refractivity contribution in [1.82, 2.24) is 20.0 Å². The Balaban J connectivity index is 2.31. The summed E-state index contributed by atoms with van der Waals surface area (Å²) in [6, 6.07) is 6.32. The van der Waals surface area contributed by atoms with E-state index in [-0.39, 0.29) is 72.4 Å². The van der Waals surface area contributed by atoms with Crippen LogP contribution in [0.25, 0.3) is 0 Å². The molecule has 2 N–H and O–H groups in total. The summed E-state index contributed by atoms with van der Waals surface area (Å²) < 4.78 is 11.9. The number of amides is 4. The number of carbonyl (C=O) groups excluding carboxylic acids is 5. The summed E-state index contributed by atoms with van der Waals surface area (Å²) in [6.07, 6.45) is 0.663. The number of rotatable bonds is 24. The molecular weight excluding hydrogens is 753 g/mol. The molecule has 1 heterocycles. The second-order valence-corrected chi connectivity index (χ2v) is 17.9. The zero-order valence-electron chi connectivity index (χ0n) is 38.4. The minimum absolute atomic E-state index is 0.0275. The molecule has 0 aliphatic carbocycles. The Morgan fingerprint density at radius 1 is 0.814 bits per heavy atom. The van der Waals surface area contributed by atoms with E-state index < -0.39 is 60.1 Å². The van der Waals surface area contributed by atoms with E-state index in [0.717, 1.165) is 5.56 Å². The monoisotopic (exact) mass is 829 g/mol. The van der Waals surface area contributed by atoms with Gasteiger partial charge < -0.3 is 34.6 Å². The highest BCUT2D eigenvalue weighted by atomic mass is 16.5. The third kappa shape index (κ3) is 13.6. The lowest BCUT2D eigenvalue weighted by Crippen LogP contribution is -2.55. The summed E-state index contributed by atoms with van der Waals surface area (Å²) in [5.41, 5.74) is 0.778. The average Bonchev–Trinajstić information content (AvgIpc) is 3.68. The second-order valence-electron chi connectivity index (χ2n) is 17.9. The first kappa shape index (κ1) is 51.3. The molecule has 0 spiro atoms. The van der Waals surface area contributed by atoms with E-state index in [0.29, 0.717) is 25.8 Å². The summed E-state index contributed by atoms with van der Waals surface area (Å²) in [5, 5.41) is 12.6. The molecule has 0 radical (unpaired) electrons. The van der Waals surface area contributed by atoms with Gasteiger partial charge in [0.05, 0.1) is 42.7 Å². The molecule has 1 aliphatic rings. The molecule has 1 aromatic carbocycles. The van der Waals surface area contributed by atoms with Crippen LogP contribution in [0.3, 0.4) is 0 Å². The average molecular weight is 829 g/mol. The minimum Gasteiger partial charge on any atom is -0.480 e. The van der Waals surface area contributed by atoms with Crippen molar-refractivity contribution in [2.24, 2.45) is 41.4 Å². The Labute approximate surface area is 354 Å². The summed E-state index contributed by atoms with van der Waals surface area (Å²) in [7, 11) is 6.43. The molecular formula is C46H76N4O9. The van der Waals surface area contributed by atoms with E-state index in [4.69, 9.17) is 9.47 Å². The smallest absolute Gasteiger partial charge is 0.326 e. The number of methoxy groups -OCH3 is 2. The highest BCUT2D eigenvalue weighted by Gasteiger charge is 2.44. The van der Waals surface area contributed by atoms with Gasteiger partial charge in [-0.05, 0) is 42.1 Å². The fourth-order valence-corrected chi connectivity index (χ4v) is 8.64. The van der Waals surface area contributed by atoms with Crippen LogP contribution in [-0.4, -0.2) is 126 Å². The normalized spacial score (nSPS) is 19.0. The SMILES string of the molecule is CC[C@H](C)[C@@H]([C@@H](CC(=O)N1CCC[C@H]1[C@H](OC)[C@@H](C)C(=O)N[C@@H](Cc1ccccc1)C(=O)O)OC)N(C)C(=O)[C@@H](CC(=O)[C@H](C(C)C)N(C)C(=O)[C@@H](C)C(C)C)C(C)C. The third-order valence-electron chi connectivity index (χ3n) is 12.8. The highest BCUT2D eigenvalue weighted by molar-refractivity contribution is 5.93. The van der Waals surface area contributed by atoms with Gasteiger partial charge in [0.25, 0.3) is 0 Å². The predicted octanol–water partition coefficient (Wildman–Crippen LogP) is 5.73. The first-order valence-corrected chi connectivity index (χ1v) is 21.6. The maximum Gasteiger partial charge on any atom is 0.326 e. The first-order chi connectivity index (χ1) is 27.6. The molecule has 1 aliphatic heterocycles. The lowest BCUT2D eigenvalue weighted by molar-refractivity contribution is -0.150. The van der Waals surface area contributed by atoms with Crippen LogP contribution in [0.5, 0.6) is 0 Å². The van der Waals surface area contributed by atoms with E-state index in [1.54, 1.807) is 35.7 Å². The fraction of sp³-hybridized carbons (Fsp3) is 0.739. The number of nitrogens with zero attached hydrogens (tertiary/aromatic N) is 3. The number of ether oxygens (including phenoxy) is 2. The van der Waals surface area contributed by atoms with Gasteiger partial charge in [0.1, 0.15) is 6.04 Å². The minimum atomic E-state index is -1.15. The Hall–Kier alpha value is -3.84. The number of likely N-dealkylation sites (N-methyl/N-ethyl adjacent to an activating group) is 2. The summed E-state index contributed by atoms with van der Waals surface area (Å²) >= 11 is 0. The zero-order valence-corrected chi connectivity index (χ0v) is 38.4. The van der Waals surface area contributed by atoms with Crippen molar-refractivity contribution in [2.45, 2.75) is 144 Å². The van der Waals surface area contributed by atoms with Gasteiger partial charge in [-0.1, -0.05) is 106 Å². The number of carboxylic acid groups (broad SMARTS) is 1. The van der Waals surface area contributed by atoms with Crippen LogP contribution in [0, 0.1) is 41.4 Å². The van der Waals surface area contributed by atoms with Gasteiger partial charge >= 0.3 is 5.97 Å². The number of nitrogens with one attached hydrogen (secondary N) is 1. The molecule has 1 aromatic rings. The topological polar surface area (TPSA) is 163 Å². The third-order valence-corrected chi connectivity index (χ3v) is 12.8. The number of hydrogen-bond donors (Lipinski definition) is 2. The van der Waals surface area contributed by atoms with Crippen molar-refractivity contribution in [2.75, 3.05) is 34.9 Å². The standard InChI is InChI=1S/C46H76N4O9/c1-15-30(8)41(49(12)45(55)34(28(4)5)25-37(51)40(29(6)7)48(11)44(54)31(9)27(2)3)38(58-13)26-39(52)50-23-19-22-36(50)42(59-14)32(10)43(53)47-35(46(56)57)24-33-20-17-16-18-21-33/h16-18,20-21,27-32,34-36,38,40-42H,15,19,22-26H2,1-14H3,(H,47,53)(H,56,57)/t30-,31-,32+,34-,35-,36-,38+,40-,41-,42+/m0/s1. The number of benzene rings is 1. The fourth-order valence-electron chi connectivity index (χ4n) is 8.64. The lowest BCUT2D eigenvalue weighted by Gasteiger charge is -2.41. The molecule has 13 heteroatoms. The van der Waals surface area contributed by atoms with Crippen LogP contribution < -0.4 is 5.32 Å². The van der Waals surface area contributed by atoms with E-state index in [1.807, 2.05) is 92.6 Å². The summed E-state index contributed by atoms with van der Waals surface area (Å²) in [5.74, 6) is -4.28. The van der Waals surface area contributed by atoms with Crippen molar-refractivity contribution in [3.8, 4) is 0 Å². The molecule has 1 fully saturated rings. The highest BCUT2D eigenvalue weighted by Crippen LogP contribution is 2.31. The Kier molecular flexibility index (Phi) is 20.7. The molecule has 0 bridgehead atoms. The van der Waals surface area contributed by atoms with Crippen LogP contribution in [-0.2, 0) is 44.7 Å². The van der Waals surface area contributed by atoms with Crippen LogP contribution >= 0.6 is 0 Å². The molecule has 10 atom stereocenters. The molecule has 2 rings (SSSR count). The Bertz CT molecular complexity index is 1540. The van der Waals surface area contributed by atoms with Crippen LogP contribution in [0.15, 0.2) is 30.3 Å². The summed E-state index contributed by atoms with van der Waals surface area (Å²) in [6.45, 7) is 19.7. The predicted molar refractivity (Wildman–Crippen MR) is 229 cm³/mol. The van der Waals surface area contributed by atoms with Gasteiger partial charge in [-0.3, -0.25) is 24.0 Å². The molecule has 0 saturated carbocycles. The molecule has 1 saturated heterocycles. The van der Waals surface area contributed by atoms with Gasteiger partial charge in [0, 0.05) is 59.5 Å². The van der Waals surface area contributed by atoms with E-state index in [2.05, 4.69) is 5.32 Å². The second kappa shape index (κ2) is 23.8. The molecule has 59 heavy (non-hydrogen) atoms. The molecule has 13 nitrogen and oxygen atoms in total. The van der Waals surface area contributed by atoms with Gasteiger partial charge in [0.15, 0.2) is 5.78 Å². The van der Waals surface area contributed by atoms with Crippen LogP contribution in [0.2, 0.25) is 0 Å². The largest absolute Gasteiger partial charge is 0.480 e. The van der Waals surface area contributed by atoms with Gasteiger partial charge in [-0.25, -0.2) is 4.79 Å². The summed E-state index contributed by atoms with van der Waals surface area (Å²) in [4.78, 5) is 86.9. The first-order valence-electron chi connectivity index (χ1n) is 21.6. The maximum absolute atomic E-state index is 14.5. The molecule has 334 valence electrons. The van der Waals surface area contributed by atoms with E-state index in [9.17, 15) is 33.9 Å². The number of hydrogen-bond acceptors (Lipinski definition) is 8. The molecule has 0 aromatic heterocycles. The number of likely N-dealkylation sites (tertiary alicyclic amines) is 1. The van der Waals surface area contributed by atoms with Crippen LogP contribution in [0.1, 0.15) is 107 Å². The number of carbonyl (C=O) groups is 6. The van der Waals surface area contributed by atoms with Crippen molar-refractivity contribution in [1.29, 1.82) is 0 Å². The number of Topliss-reactive ketones (excluding diaryl/α,β-unsaturated/α-hetero) is 1. The van der Waals surface area contributed by atoms with E-state index >= 15 is 0 Å². The van der Waals surface area contributed by atoms with Crippen molar-refractivity contribution in [3.05, 3.63) is 35.9 Å². The van der Waals surface area contributed by atoms with Crippen molar-refractivity contribution < 1.29 is 43.3 Å². The molecule has 0 unspecified atom stereocenters. The number of carboxylic acids is 1. The number of aliphatic carboxylic acids is 1. The quantitative estimate of drug-likeness (QED) is 0.133.